The molecule has 10 heteroatoms. The molecule has 6 rings (SSSR count). The summed E-state index contributed by atoms with van der Waals surface area (Å²) in [7, 11) is 3.84. The van der Waals surface area contributed by atoms with E-state index >= 15 is 0 Å². The molecule has 2 saturated heterocycles. The molecule has 3 aliphatic heterocycles. The van der Waals surface area contributed by atoms with Crippen LogP contribution in [-0.2, 0) is 22.5 Å². The van der Waals surface area contributed by atoms with Crippen molar-refractivity contribution >= 4 is 28.2 Å². The van der Waals surface area contributed by atoms with Crippen molar-refractivity contribution in [3.8, 4) is 6.01 Å². The highest BCUT2D eigenvalue weighted by atomic mass is 19.1. The monoisotopic (exact) mass is 574 g/mol. The van der Waals surface area contributed by atoms with Crippen LogP contribution < -0.4 is 14.5 Å². The van der Waals surface area contributed by atoms with Crippen LogP contribution in [0.1, 0.15) is 23.2 Å². The van der Waals surface area contributed by atoms with E-state index in [1.54, 1.807) is 7.11 Å². The predicted molar refractivity (Wildman–Crippen MR) is 162 cm³/mol. The first kappa shape index (κ1) is 28.4. The van der Waals surface area contributed by atoms with Crippen molar-refractivity contribution in [3.05, 3.63) is 65.6 Å². The fourth-order valence-corrected chi connectivity index (χ4v) is 6.55. The Bertz CT molecular complexity index is 1490. The summed E-state index contributed by atoms with van der Waals surface area (Å²) in [6, 6.07) is 13.5. The fourth-order valence-electron chi connectivity index (χ4n) is 6.55. The number of aromatic nitrogens is 2. The van der Waals surface area contributed by atoms with Gasteiger partial charge in [-0.3, -0.25) is 9.69 Å². The van der Waals surface area contributed by atoms with Crippen LogP contribution in [0.15, 0.2) is 48.8 Å². The number of hydrogen-bond donors (Lipinski definition) is 0. The average Bonchev–Trinajstić information content (AvgIpc) is 3.38. The van der Waals surface area contributed by atoms with Gasteiger partial charge in [-0.25, -0.2) is 4.39 Å². The van der Waals surface area contributed by atoms with Gasteiger partial charge in [0.05, 0.1) is 18.3 Å². The van der Waals surface area contributed by atoms with Crippen LogP contribution in [0.2, 0.25) is 0 Å². The quantitative estimate of drug-likeness (QED) is 0.396. The number of benzene rings is 2. The van der Waals surface area contributed by atoms with Gasteiger partial charge in [0, 0.05) is 69.1 Å². The second kappa shape index (κ2) is 11.9. The van der Waals surface area contributed by atoms with Gasteiger partial charge in [0.15, 0.2) is 5.83 Å². The van der Waals surface area contributed by atoms with Crippen molar-refractivity contribution in [1.82, 2.24) is 19.8 Å². The molecule has 0 N–H and O–H groups in total. The molecule has 0 radical (unpaired) electrons. The van der Waals surface area contributed by atoms with Gasteiger partial charge in [-0.1, -0.05) is 36.9 Å². The Labute approximate surface area is 246 Å². The van der Waals surface area contributed by atoms with Crippen molar-refractivity contribution in [2.45, 2.75) is 38.5 Å². The Hall–Kier alpha value is -3.76. The number of ether oxygens (including phenoxy) is 2. The summed E-state index contributed by atoms with van der Waals surface area (Å²) in [5.74, 6) is -0.709. The first-order valence-corrected chi connectivity index (χ1v) is 14.7. The minimum Gasteiger partial charge on any atom is -0.462 e. The topological polar surface area (TPSA) is 74.3 Å². The van der Waals surface area contributed by atoms with E-state index in [2.05, 4.69) is 71.6 Å². The van der Waals surface area contributed by atoms with Crippen LogP contribution in [0.4, 0.5) is 15.9 Å². The summed E-state index contributed by atoms with van der Waals surface area (Å²) in [4.78, 5) is 30.4. The number of methoxy groups -OCH3 is 1. The smallest absolute Gasteiger partial charge is 0.318 e. The number of halogens is 1. The number of rotatable bonds is 7. The number of likely N-dealkylation sites (tertiary alicyclic amines) is 1. The maximum Gasteiger partial charge on any atom is 0.318 e. The zero-order chi connectivity index (χ0) is 29.4. The molecule has 0 bridgehead atoms. The van der Waals surface area contributed by atoms with Crippen molar-refractivity contribution in [2.75, 3.05) is 69.8 Å². The van der Waals surface area contributed by atoms with E-state index in [0.29, 0.717) is 45.3 Å². The van der Waals surface area contributed by atoms with Gasteiger partial charge >= 0.3 is 6.01 Å². The minimum atomic E-state index is -0.921. The lowest BCUT2D eigenvalue weighted by Gasteiger charge is -2.38. The minimum absolute atomic E-state index is 0.195. The SMILES string of the molecule is C=C(F)C(=O)N1CCN(c2nc(OC[C@@H]3C[C@@H](OC)CN3C)nc3c2CCN(c2cccc4cccc(C)c24)C3)CC1. The molecule has 0 spiro atoms. The number of carbonyl (C=O) groups excluding carboxylic acids is 1. The molecule has 2 atom stereocenters. The van der Waals surface area contributed by atoms with E-state index in [0.717, 1.165) is 43.0 Å². The van der Waals surface area contributed by atoms with Gasteiger partial charge in [-0.2, -0.15) is 9.97 Å². The molecule has 2 fully saturated rings. The molecule has 9 nitrogen and oxygen atoms in total. The third kappa shape index (κ3) is 5.53. The lowest BCUT2D eigenvalue weighted by atomic mass is 9.99. The molecular formula is C32H39FN6O3. The molecule has 42 heavy (non-hydrogen) atoms. The number of anilines is 2. The van der Waals surface area contributed by atoms with Crippen LogP contribution in [0.3, 0.4) is 0 Å². The van der Waals surface area contributed by atoms with Crippen molar-refractivity contribution in [2.24, 2.45) is 0 Å². The average molecular weight is 575 g/mol. The highest BCUT2D eigenvalue weighted by molar-refractivity contribution is 5.97. The van der Waals surface area contributed by atoms with Crippen LogP contribution in [0.5, 0.6) is 6.01 Å². The Morgan fingerprint density at radius 1 is 1.07 bits per heavy atom. The molecule has 0 unspecified atom stereocenters. The molecular weight excluding hydrogens is 535 g/mol. The van der Waals surface area contributed by atoms with Gasteiger partial charge < -0.3 is 24.2 Å². The highest BCUT2D eigenvalue weighted by Crippen LogP contribution is 2.35. The summed E-state index contributed by atoms with van der Waals surface area (Å²) >= 11 is 0. The van der Waals surface area contributed by atoms with E-state index < -0.39 is 11.7 Å². The molecule has 1 amide bonds. The van der Waals surface area contributed by atoms with E-state index in [-0.39, 0.29) is 12.1 Å². The van der Waals surface area contributed by atoms with E-state index in [9.17, 15) is 9.18 Å². The number of amides is 1. The number of nitrogens with zero attached hydrogens (tertiary/aromatic N) is 6. The largest absolute Gasteiger partial charge is 0.462 e. The summed E-state index contributed by atoms with van der Waals surface area (Å²) in [6.45, 7) is 10.1. The highest BCUT2D eigenvalue weighted by Gasteiger charge is 2.32. The second-order valence-corrected chi connectivity index (χ2v) is 11.6. The van der Waals surface area contributed by atoms with Gasteiger partial charge in [0.25, 0.3) is 5.91 Å². The number of aryl methyl sites for hydroxylation is 1. The van der Waals surface area contributed by atoms with Gasteiger partial charge in [-0.05, 0) is 43.8 Å². The first-order chi connectivity index (χ1) is 20.3. The number of carbonyl (C=O) groups is 1. The zero-order valence-electron chi connectivity index (χ0n) is 24.7. The number of fused-ring (bicyclic) bond motifs is 2. The lowest BCUT2D eigenvalue weighted by molar-refractivity contribution is -0.128. The molecule has 0 saturated carbocycles. The third-order valence-corrected chi connectivity index (χ3v) is 8.94. The van der Waals surface area contributed by atoms with Gasteiger partial charge in [0.1, 0.15) is 12.4 Å². The Balaban J connectivity index is 1.29. The van der Waals surface area contributed by atoms with Gasteiger partial charge in [0.2, 0.25) is 0 Å². The van der Waals surface area contributed by atoms with Crippen LogP contribution in [-0.4, -0.2) is 97.9 Å². The molecule has 4 heterocycles. The Morgan fingerprint density at radius 2 is 1.83 bits per heavy atom. The Morgan fingerprint density at radius 3 is 2.55 bits per heavy atom. The van der Waals surface area contributed by atoms with Crippen LogP contribution in [0.25, 0.3) is 10.8 Å². The maximum absolute atomic E-state index is 13.5. The van der Waals surface area contributed by atoms with E-state index in [1.807, 2.05) is 0 Å². The number of likely N-dealkylation sites (N-methyl/N-ethyl adjacent to an activating group) is 1. The fraction of sp³-hybridized carbons (Fsp3) is 0.469. The van der Waals surface area contributed by atoms with Crippen molar-refractivity contribution < 1.29 is 18.7 Å². The molecule has 0 aliphatic carbocycles. The lowest BCUT2D eigenvalue weighted by Crippen LogP contribution is -2.49. The summed E-state index contributed by atoms with van der Waals surface area (Å²) in [6.07, 6.45) is 1.88. The van der Waals surface area contributed by atoms with Crippen LogP contribution in [0, 0.1) is 6.92 Å². The number of hydrogen-bond acceptors (Lipinski definition) is 8. The first-order valence-electron chi connectivity index (χ1n) is 14.7. The molecule has 2 aromatic carbocycles. The van der Waals surface area contributed by atoms with Crippen molar-refractivity contribution in [3.63, 3.8) is 0 Å². The van der Waals surface area contributed by atoms with E-state index in [1.165, 1.54) is 26.9 Å². The predicted octanol–water partition coefficient (Wildman–Crippen LogP) is 3.73. The van der Waals surface area contributed by atoms with Gasteiger partial charge in [-0.15, -0.1) is 0 Å². The summed E-state index contributed by atoms with van der Waals surface area (Å²) in [5, 5.41) is 2.49. The third-order valence-electron chi connectivity index (χ3n) is 8.94. The van der Waals surface area contributed by atoms with Crippen LogP contribution >= 0.6 is 0 Å². The molecule has 3 aromatic rings. The molecule has 3 aliphatic rings. The van der Waals surface area contributed by atoms with E-state index in [4.69, 9.17) is 19.4 Å². The maximum atomic E-state index is 13.5. The van der Waals surface area contributed by atoms with Crippen molar-refractivity contribution in [1.29, 1.82) is 0 Å². The second-order valence-electron chi connectivity index (χ2n) is 11.6. The summed E-state index contributed by atoms with van der Waals surface area (Å²) in [5.41, 5.74) is 4.52. The normalized spacial score (nSPS) is 21.1. The molecule has 1 aromatic heterocycles. The number of piperazine rings is 1. The Kier molecular flexibility index (Phi) is 8.00. The molecule has 222 valence electrons. The zero-order valence-corrected chi connectivity index (χ0v) is 24.7. The standard InChI is InChI=1S/C32H39FN6O3/c1-21-7-5-8-23-9-6-10-28(29(21)23)39-12-11-26-27(19-39)34-32(42-20-24-17-25(41-4)18-36(24)3)35-30(26)37-13-15-38(16-14-37)31(40)22(2)33/h5-10,24-25H,2,11-20H2,1,3-4H3/t24-,25+/m0/s1. The summed E-state index contributed by atoms with van der Waals surface area (Å²) < 4.78 is 25.4.